The third kappa shape index (κ3) is 3.83. The van der Waals surface area contributed by atoms with Crippen molar-refractivity contribution < 1.29 is 4.79 Å². The monoisotopic (exact) mass is 313 g/mol. The first-order valence-electron chi connectivity index (χ1n) is 6.92. The van der Waals surface area contributed by atoms with E-state index in [1.807, 2.05) is 45.0 Å². The molecular weight excluding hydrogens is 294 g/mol. The number of hydrogen-bond donors (Lipinski definition) is 3. The maximum Gasteiger partial charge on any atom is 0.257 e. The Kier molecular flexibility index (Phi) is 4.78. The molecule has 0 aliphatic heterocycles. The minimum absolute atomic E-state index is 0.228. The molecule has 0 heterocycles. The number of nitrogens with two attached hydrogens (primary N) is 1. The van der Waals surface area contributed by atoms with Crippen LogP contribution in [0.15, 0.2) is 36.4 Å². The van der Waals surface area contributed by atoms with E-state index in [2.05, 4.69) is 10.6 Å². The van der Waals surface area contributed by atoms with Gasteiger partial charge in [-0.05, 0) is 80.0 Å². The van der Waals surface area contributed by atoms with E-state index in [4.69, 9.17) is 18.0 Å². The standard InChI is InChI=1S/C17H19N3OS/c1-10-4-5-13(8-11(10)2)16(21)20-17(22)19-15-7-6-14(18)9-12(15)3/h4-9H,18H2,1-3H3,(H2,19,20,21,22). The largest absolute Gasteiger partial charge is 0.399 e. The lowest BCUT2D eigenvalue weighted by Crippen LogP contribution is -2.34. The van der Waals surface area contributed by atoms with E-state index < -0.39 is 0 Å². The summed E-state index contributed by atoms with van der Waals surface area (Å²) in [6.07, 6.45) is 0. The summed E-state index contributed by atoms with van der Waals surface area (Å²) in [4.78, 5) is 12.2. The van der Waals surface area contributed by atoms with Gasteiger partial charge in [0.15, 0.2) is 5.11 Å². The van der Waals surface area contributed by atoms with Crippen LogP contribution in [-0.4, -0.2) is 11.0 Å². The summed E-state index contributed by atoms with van der Waals surface area (Å²) in [6.45, 7) is 5.90. The van der Waals surface area contributed by atoms with Crippen molar-refractivity contribution in [3.63, 3.8) is 0 Å². The Morgan fingerprint density at radius 1 is 1.00 bits per heavy atom. The number of thiocarbonyl (C=S) groups is 1. The molecule has 0 aliphatic rings. The minimum atomic E-state index is -0.228. The first-order valence-corrected chi connectivity index (χ1v) is 7.33. The molecule has 0 aromatic heterocycles. The van der Waals surface area contributed by atoms with Crippen LogP contribution in [0, 0.1) is 20.8 Å². The number of benzene rings is 2. The van der Waals surface area contributed by atoms with Crippen molar-refractivity contribution in [3.8, 4) is 0 Å². The fourth-order valence-corrected chi connectivity index (χ4v) is 2.24. The van der Waals surface area contributed by atoms with Gasteiger partial charge in [-0.15, -0.1) is 0 Å². The Balaban J connectivity index is 2.05. The number of anilines is 2. The van der Waals surface area contributed by atoms with Gasteiger partial charge in [-0.3, -0.25) is 10.1 Å². The van der Waals surface area contributed by atoms with Crippen molar-refractivity contribution in [3.05, 3.63) is 58.7 Å². The minimum Gasteiger partial charge on any atom is -0.399 e. The Bertz CT molecular complexity index is 741. The van der Waals surface area contributed by atoms with Crippen molar-refractivity contribution in [2.24, 2.45) is 0 Å². The summed E-state index contributed by atoms with van der Waals surface area (Å²) < 4.78 is 0. The lowest BCUT2D eigenvalue weighted by molar-refractivity contribution is 0.0977. The van der Waals surface area contributed by atoms with Gasteiger partial charge in [0.2, 0.25) is 0 Å². The normalized spacial score (nSPS) is 10.1. The fraction of sp³-hybridized carbons (Fsp3) is 0.176. The van der Waals surface area contributed by atoms with Crippen LogP contribution in [0.25, 0.3) is 0 Å². The van der Waals surface area contributed by atoms with E-state index in [0.717, 1.165) is 22.4 Å². The molecule has 22 heavy (non-hydrogen) atoms. The quantitative estimate of drug-likeness (QED) is 0.588. The summed E-state index contributed by atoms with van der Waals surface area (Å²) >= 11 is 5.19. The number of carbonyl (C=O) groups is 1. The molecule has 4 nitrogen and oxygen atoms in total. The zero-order valence-electron chi connectivity index (χ0n) is 12.9. The molecule has 0 spiro atoms. The highest BCUT2D eigenvalue weighted by molar-refractivity contribution is 7.80. The van der Waals surface area contributed by atoms with Crippen molar-refractivity contribution in [1.82, 2.24) is 5.32 Å². The highest BCUT2D eigenvalue weighted by Gasteiger charge is 2.09. The second kappa shape index (κ2) is 6.58. The Hall–Kier alpha value is -2.40. The van der Waals surface area contributed by atoms with Crippen molar-refractivity contribution in [1.29, 1.82) is 0 Å². The number of amides is 1. The molecule has 0 unspecified atom stereocenters. The van der Waals surface area contributed by atoms with Crippen LogP contribution in [0.1, 0.15) is 27.0 Å². The summed E-state index contributed by atoms with van der Waals surface area (Å²) in [5.74, 6) is -0.228. The summed E-state index contributed by atoms with van der Waals surface area (Å²) in [6, 6.07) is 11.0. The Morgan fingerprint density at radius 3 is 2.36 bits per heavy atom. The molecule has 1 amide bonds. The number of aryl methyl sites for hydroxylation is 3. The summed E-state index contributed by atoms with van der Waals surface area (Å²) in [7, 11) is 0. The van der Waals surface area contributed by atoms with E-state index in [9.17, 15) is 4.79 Å². The van der Waals surface area contributed by atoms with Gasteiger partial charge in [0.05, 0.1) is 0 Å². The molecule has 0 saturated heterocycles. The molecule has 4 N–H and O–H groups in total. The van der Waals surface area contributed by atoms with Gasteiger partial charge in [-0.1, -0.05) is 6.07 Å². The van der Waals surface area contributed by atoms with Crippen molar-refractivity contribution in [2.45, 2.75) is 20.8 Å². The average molecular weight is 313 g/mol. The summed E-state index contributed by atoms with van der Waals surface area (Å²) in [5.41, 5.74) is 11.0. The van der Waals surface area contributed by atoms with Gasteiger partial charge >= 0.3 is 0 Å². The lowest BCUT2D eigenvalue weighted by Gasteiger charge is -2.12. The molecule has 114 valence electrons. The van der Waals surface area contributed by atoms with E-state index in [1.54, 1.807) is 12.1 Å². The van der Waals surface area contributed by atoms with Gasteiger partial charge in [-0.2, -0.15) is 0 Å². The predicted octanol–water partition coefficient (Wildman–Crippen LogP) is 3.32. The molecule has 0 radical (unpaired) electrons. The second-order valence-electron chi connectivity index (χ2n) is 5.28. The molecule has 0 atom stereocenters. The van der Waals surface area contributed by atoms with Gasteiger partial charge in [0.1, 0.15) is 0 Å². The fourth-order valence-electron chi connectivity index (χ4n) is 2.04. The molecule has 0 saturated carbocycles. The van der Waals surface area contributed by atoms with Gasteiger partial charge < -0.3 is 11.1 Å². The van der Waals surface area contributed by atoms with Crippen molar-refractivity contribution >= 4 is 34.6 Å². The highest BCUT2D eigenvalue weighted by atomic mass is 32.1. The third-order valence-corrected chi connectivity index (χ3v) is 3.70. The van der Waals surface area contributed by atoms with Crippen LogP contribution in [0.5, 0.6) is 0 Å². The molecule has 2 rings (SSSR count). The summed E-state index contributed by atoms with van der Waals surface area (Å²) in [5, 5.41) is 5.95. The maximum atomic E-state index is 12.2. The van der Waals surface area contributed by atoms with E-state index >= 15 is 0 Å². The zero-order valence-corrected chi connectivity index (χ0v) is 13.7. The van der Waals surface area contributed by atoms with E-state index in [-0.39, 0.29) is 11.0 Å². The number of nitrogen functional groups attached to an aromatic ring is 1. The van der Waals surface area contributed by atoms with Crippen LogP contribution in [0.3, 0.4) is 0 Å². The van der Waals surface area contributed by atoms with Gasteiger partial charge in [0, 0.05) is 16.9 Å². The average Bonchev–Trinajstić information content (AvgIpc) is 2.45. The number of carbonyl (C=O) groups excluding carboxylic acids is 1. The smallest absolute Gasteiger partial charge is 0.257 e. The number of nitrogens with one attached hydrogen (secondary N) is 2. The zero-order chi connectivity index (χ0) is 16.3. The van der Waals surface area contributed by atoms with Gasteiger partial charge in [0.25, 0.3) is 5.91 Å². The first kappa shape index (κ1) is 16.0. The molecule has 2 aromatic rings. The van der Waals surface area contributed by atoms with Crippen LogP contribution in [0.4, 0.5) is 11.4 Å². The number of hydrogen-bond acceptors (Lipinski definition) is 3. The first-order chi connectivity index (χ1) is 10.4. The molecule has 5 heteroatoms. The van der Waals surface area contributed by atoms with Crippen LogP contribution >= 0.6 is 12.2 Å². The maximum absolute atomic E-state index is 12.2. The highest BCUT2D eigenvalue weighted by Crippen LogP contribution is 2.17. The van der Waals surface area contributed by atoms with E-state index in [1.165, 1.54) is 0 Å². The molecule has 2 aromatic carbocycles. The molecule has 0 fully saturated rings. The molecular formula is C17H19N3OS. The molecule has 0 bridgehead atoms. The van der Waals surface area contributed by atoms with Crippen molar-refractivity contribution in [2.75, 3.05) is 11.1 Å². The lowest BCUT2D eigenvalue weighted by atomic mass is 10.1. The SMILES string of the molecule is Cc1ccc(C(=O)NC(=S)Nc2ccc(N)cc2C)cc1C. The van der Waals surface area contributed by atoms with Crippen LogP contribution < -0.4 is 16.4 Å². The Labute approximate surface area is 135 Å². The third-order valence-electron chi connectivity index (χ3n) is 3.49. The number of rotatable bonds is 2. The van der Waals surface area contributed by atoms with Gasteiger partial charge in [-0.25, -0.2) is 0 Å². The second-order valence-corrected chi connectivity index (χ2v) is 5.69. The van der Waals surface area contributed by atoms with Crippen LogP contribution in [-0.2, 0) is 0 Å². The predicted molar refractivity (Wildman–Crippen MR) is 95.2 cm³/mol. The molecule has 0 aliphatic carbocycles. The van der Waals surface area contributed by atoms with E-state index in [0.29, 0.717) is 11.3 Å². The van der Waals surface area contributed by atoms with Crippen LogP contribution in [0.2, 0.25) is 0 Å². The Morgan fingerprint density at radius 2 is 1.73 bits per heavy atom. The topological polar surface area (TPSA) is 67.2 Å².